The van der Waals surface area contributed by atoms with Crippen LogP contribution in [0, 0.1) is 0 Å². The van der Waals surface area contributed by atoms with Crippen LogP contribution in [0.3, 0.4) is 0 Å². The number of nitrogens with one attached hydrogen (secondary N) is 1. The van der Waals surface area contributed by atoms with Gasteiger partial charge in [0.1, 0.15) is 5.75 Å². The molecular formula is C24H25ClN4O3S. The van der Waals surface area contributed by atoms with Gasteiger partial charge in [-0.1, -0.05) is 41.0 Å². The van der Waals surface area contributed by atoms with E-state index >= 15 is 0 Å². The summed E-state index contributed by atoms with van der Waals surface area (Å²) in [5.74, 6) is 1.64. The Morgan fingerprint density at radius 3 is 2.76 bits per heavy atom. The van der Waals surface area contributed by atoms with Crippen LogP contribution in [0.1, 0.15) is 30.8 Å². The number of thiocarbonyl (C=S) groups is 1. The van der Waals surface area contributed by atoms with E-state index < -0.39 is 0 Å². The number of hydrogen-bond acceptors (Lipinski definition) is 6. The lowest BCUT2D eigenvalue weighted by Gasteiger charge is -2.37. The highest BCUT2D eigenvalue weighted by molar-refractivity contribution is 7.80. The van der Waals surface area contributed by atoms with Crippen molar-refractivity contribution < 1.29 is 14.0 Å². The average Bonchev–Trinajstić information content (AvgIpc) is 3.30. The van der Waals surface area contributed by atoms with E-state index in [0.717, 1.165) is 34.6 Å². The molecule has 1 aromatic heterocycles. The Hall–Kier alpha value is -2.94. The van der Waals surface area contributed by atoms with Crippen molar-refractivity contribution in [3.63, 3.8) is 0 Å². The lowest BCUT2D eigenvalue weighted by molar-refractivity contribution is 0.188. The normalized spacial score (nSPS) is 16.2. The Morgan fingerprint density at radius 2 is 2.00 bits per heavy atom. The summed E-state index contributed by atoms with van der Waals surface area (Å²) in [7, 11) is 3.34. The first-order valence-corrected chi connectivity index (χ1v) is 11.3. The molecule has 0 saturated heterocycles. The molecule has 0 amide bonds. The average molecular weight is 485 g/mol. The van der Waals surface area contributed by atoms with Gasteiger partial charge in [-0.3, -0.25) is 0 Å². The molecule has 33 heavy (non-hydrogen) atoms. The Kier molecular flexibility index (Phi) is 7.27. The molecule has 1 aliphatic heterocycles. The van der Waals surface area contributed by atoms with Crippen molar-refractivity contribution in [2.75, 3.05) is 27.4 Å². The van der Waals surface area contributed by atoms with Gasteiger partial charge >= 0.3 is 0 Å². The van der Waals surface area contributed by atoms with Crippen LogP contribution in [-0.2, 0) is 4.74 Å². The summed E-state index contributed by atoms with van der Waals surface area (Å²) in [6.45, 7) is 3.36. The molecule has 0 fully saturated rings. The summed E-state index contributed by atoms with van der Waals surface area (Å²) >= 11 is 11.9. The molecule has 1 unspecified atom stereocenters. The third-order valence-corrected chi connectivity index (χ3v) is 6.07. The van der Waals surface area contributed by atoms with Crippen molar-refractivity contribution in [1.29, 1.82) is 0 Å². The second-order valence-electron chi connectivity index (χ2n) is 7.59. The van der Waals surface area contributed by atoms with E-state index in [2.05, 4.69) is 10.5 Å². The van der Waals surface area contributed by atoms with Gasteiger partial charge in [0, 0.05) is 36.5 Å². The second-order valence-corrected chi connectivity index (χ2v) is 8.41. The molecule has 1 atom stereocenters. The maximum atomic E-state index is 6.15. The predicted octanol–water partition coefficient (Wildman–Crippen LogP) is 5.10. The van der Waals surface area contributed by atoms with E-state index in [4.69, 9.17) is 42.8 Å². The first-order chi connectivity index (χ1) is 16.0. The van der Waals surface area contributed by atoms with E-state index in [-0.39, 0.29) is 6.04 Å². The maximum absolute atomic E-state index is 6.15. The predicted molar refractivity (Wildman–Crippen MR) is 132 cm³/mol. The number of aromatic nitrogens is 2. The summed E-state index contributed by atoms with van der Waals surface area (Å²) in [5.41, 5.74) is 3.56. The van der Waals surface area contributed by atoms with Crippen molar-refractivity contribution >= 4 is 34.5 Å². The fraction of sp³-hybridized carbons (Fsp3) is 0.292. The molecule has 0 spiro atoms. The number of ether oxygens (including phenoxy) is 2. The molecule has 4 rings (SSSR count). The number of halogens is 1. The van der Waals surface area contributed by atoms with Gasteiger partial charge in [-0.05, 0) is 55.4 Å². The molecule has 0 bridgehead atoms. The monoisotopic (exact) mass is 484 g/mol. The van der Waals surface area contributed by atoms with Gasteiger partial charge in [0.25, 0.3) is 5.89 Å². The van der Waals surface area contributed by atoms with Gasteiger partial charge in [0.15, 0.2) is 5.11 Å². The van der Waals surface area contributed by atoms with Gasteiger partial charge in [-0.25, -0.2) is 0 Å². The first kappa shape index (κ1) is 23.2. The minimum Gasteiger partial charge on any atom is -0.497 e. The van der Waals surface area contributed by atoms with Crippen LogP contribution in [0.15, 0.2) is 58.8 Å². The molecule has 3 aromatic rings. The lowest BCUT2D eigenvalue weighted by atomic mass is 9.94. The van der Waals surface area contributed by atoms with E-state index in [0.29, 0.717) is 35.0 Å². The highest BCUT2D eigenvalue weighted by Gasteiger charge is 2.34. The van der Waals surface area contributed by atoms with Gasteiger partial charge < -0.3 is 24.2 Å². The third-order valence-electron chi connectivity index (χ3n) is 5.49. The van der Waals surface area contributed by atoms with Crippen LogP contribution in [0.25, 0.3) is 17.0 Å². The van der Waals surface area contributed by atoms with Crippen LogP contribution < -0.4 is 10.1 Å². The number of hydrogen-bond donors (Lipinski definition) is 1. The maximum Gasteiger partial charge on any atom is 0.258 e. The largest absolute Gasteiger partial charge is 0.497 e. The molecule has 0 aliphatic carbocycles. The molecular weight excluding hydrogens is 460 g/mol. The highest BCUT2D eigenvalue weighted by Crippen LogP contribution is 2.38. The van der Waals surface area contributed by atoms with Crippen molar-refractivity contribution in [1.82, 2.24) is 20.4 Å². The molecule has 9 heteroatoms. The summed E-state index contributed by atoms with van der Waals surface area (Å²) < 4.78 is 16.4. The first-order valence-electron chi connectivity index (χ1n) is 10.5. The van der Waals surface area contributed by atoms with Crippen LogP contribution in [-0.4, -0.2) is 47.5 Å². The zero-order valence-electron chi connectivity index (χ0n) is 18.7. The van der Waals surface area contributed by atoms with E-state index in [9.17, 15) is 0 Å². The second kappa shape index (κ2) is 10.3. The van der Waals surface area contributed by atoms with Crippen molar-refractivity contribution in [2.24, 2.45) is 0 Å². The number of nitrogens with zero attached hydrogens (tertiary/aromatic N) is 3. The Morgan fingerprint density at radius 1 is 1.18 bits per heavy atom. The van der Waals surface area contributed by atoms with Gasteiger partial charge in [0.05, 0.1) is 18.7 Å². The number of methoxy groups -OCH3 is 2. The fourth-order valence-electron chi connectivity index (χ4n) is 3.84. The van der Waals surface area contributed by atoms with Crippen LogP contribution in [0.2, 0.25) is 5.02 Å². The standard InChI is InChI=1S/C24H25ClN4O3S/c1-15-20(23-27-22(28-32-23)17-8-4-9-18(25)13-17)21(16-7-5-10-19(14-16)31-3)26-24(33)29(15)11-6-12-30-2/h4-5,7-10,13-14,21H,6,11-12H2,1-3H3,(H,26,33). The van der Waals surface area contributed by atoms with Crippen molar-refractivity contribution in [2.45, 2.75) is 19.4 Å². The van der Waals surface area contributed by atoms with Gasteiger partial charge in [-0.15, -0.1) is 0 Å². The molecule has 2 heterocycles. The quantitative estimate of drug-likeness (QED) is 0.350. The Labute approximate surface area is 203 Å². The topological polar surface area (TPSA) is 72.7 Å². The summed E-state index contributed by atoms with van der Waals surface area (Å²) in [5, 5.41) is 8.91. The molecule has 1 N–H and O–H groups in total. The summed E-state index contributed by atoms with van der Waals surface area (Å²) in [6, 6.07) is 14.9. The van der Waals surface area contributed by atoms with E-state index in [1.807, 2.05) is 54.3 Å². The van der Waals surface area contributed by atoms with Crippen LogP contribution in [0.4, 0.5) is 0 Å². The molecule has 0 saturated carbocycles. The van der Waals surface area contributed by atoms with Crippen LogP contribution in [0.5, 0.6) is 5.75 Å². The Balaban J connectivity index is 1.78. The number of allylic oxidation sites excluding steroid dienone is 1. The number of rotatable bonds is 8. The molecule has 2 aromatic carbocycles. The molecule has 0 radical (unpaired) electrons. The Bertz CT molecular complexity index is 1180. The van der Waals surface area contributed by atoms with Crippen molar-refractivity contribution in [3.05, 3.63) is 70.7 Å². The molecule has 172 valence electrons. The summed E-state index contributed by atoms with van der Waals surface area (Å²) in [6.07, 6.45) is 0.824. The molecule has 1 aliphatic rings. The number of benzene rings is 2. The third kappa shape index (κ3) is 5.03. The molecule has 7 nitrogen and oxygen atoms in total. The van der Waals surface area contributed by atoms with E-state index in [1.54, 1.807) is 20.3 Å². The minimum atomic E-state index is -0.279. The smallest absolute Gasteiger partial charge is 0.258 e. The zero-order chi connectivity index (χ0) is 23.4. The lowest BCUT2D eigenvalue weighted by Crippen LogP contribution is -2.46. The summed E-state index contributed by atoms with van der Waals surface area (Å²) in [4.78, 5) is 6.76. The SMILES string of the molecule is COCCCN1C(=S)NC(c2cccc(OC)c2)C(c2nc(-c3cccc(Cl)c3)no2)=C1C. The zero-order valence-corrected chi connectivity index (χ0v) is 20.2. The van der Waals surface area contributed by atoms with Gasteiger partial charge in [0.2, 0.25) is 5.82 Å². The minimum absolute atomic E-state index is 0.279. The van der Waals surface area contributed by atoms with Crippen molar-refractivity contribution in [3.8, 4) is 17.1 Å². The highest BCUT2D eigenvalue weighted by atomic mass is 35.5. The van der Waals surface area contributed by atoms with Gasteiger partial charge in [-0.2, -0.15) is 4.98 Å². The fourth-order valence-corrected chi connectivity index (χ4v) is 4.38. The van der Waals surface area contributed by atoms with E-state index in [1.165, 1.54) is 0 Å². The van der Waals surface area contributed by atoms with Crippen LogP contribution >= 0.6 is 23.8 Å².